The molecule has 0 radical (unpaired) electrons. The molecule has 4 aromatic rings. The molecule has 2 aromatic carbocycles. The van der Waals surface area contributed by atoms with Crippen molar-refractivity contribution in [3.8, 4) is 27.0 Å². The zero-order valence-corrected chi connectivity index (χ0v) is 15.5. The second-order valence-electron chi connectivity index (χ2n) is 5.82. The number of H-pyrrole nitrogens is 1. The largest absolute Gasteiger partial charge is 0.267 e. The molecule has 2 heterocycles. The zero-order chi connectivity index (χ0) is 17.4. The van der Waals surface area contributed by atoms with Crippen LogP contribution in [0.3, 0.4) is 0 Å². The third kappa shape index (κ3) is 2.94. The molecule has 1 N–H and O–H groups in total. The number of nitrogens with one attached hydrogen (secondary N) is 1. The van der Waals surface area contributed by atoms with Crippen molar-refractivity contribution < 1.29 is 0 Å². The Balaban J connectivity index is 1.85. The first-order valence-corrected chi connectivity index (χ1v) is 9.13. The summed E-state index contributed by atoms with van der Waals surface area (Å²) in [7, 11) is 0. The van der Waals surface area contributed by atoms with Gasteiger partial charge in [0.15, 0.2) is 10.6 Å². The van der Waals surface area contributed by atoms with E-state index in [0.717, 1.165) is 32.7 Å². The number of hydrogen-bond donors (Lipinski definition) is 1. The van der Waals surface area contributed by atoms with Crippen molar-refractivity contribution in [3.05, 3.63) is 70.6 Å². The Morgan fingerprint density at radius 1 is 1.00 bits per heavy atom. The van der Waals surface area contributed by atoms with E-state index >= 15 is 0 Å². The molecule has 6 heteroatoms. The maximum Gasteiger partial charge on any atom is 0.200 e. The summed E-state index contributed by atoms with van der Waals surface area (Å²) in [5.41, 5.74) is 4.29. The maximum atomic E-state index is 5.44. The predicted octanol–water partition coefficient (Wildman–Crippen LogP) is 5.34. The summed E-state index contributed by atoms with van der Waals surface area (Å²) >= 11 is 7.07. The number of para-hydroxylation sites is 1. The van der Waals surface area contributed by atoms with Gasteiger partial charge in [-0.15, -0.1) is 11.3 Å². The molecule has 0 spiro atoms. The molecule has 0 saturated heterocycles. The van der Waals surface area contributed by atoms with Crippen molar-refractivity contribution in [2.24, 2.45) is 0 Å². The van der Waals surface area contributed by atoms with Gasteiger partial charge in [0.2, 0.25) is 0 Å². The van der Waals surface area contributed by atoms with Crippen LogP contribution in [0.25, 0.3) is 27.0 Å². The van der Waals surface area contributed by atoms with Gasteiger partial charge in [-0.1, -0.05) is 48.0 Å². The lowest BCUT2D eigenvalue weighted by Gasteiger charge is -2.05. The number of aryl methyl sites for hydroxylation is 2. The lowest BCUT2D eigenvalue weighted by atomic mass is 10.2. The van der Waals surface area contributed by atoms with Gasteiger partial charge in [0.1, 0.15) is 5.01 Å². The third-order valence-electron chi connectivity index (χ3n) is 3.98. The lowest BCUT2D eigenvalue weighted by Crippen LogP contribution is -1.97. The van der Waals surface area contributed by atoms with Crippen LogP contribution in [-0.4, -0.2) is 19.7 Å². The highest BCUT2D eigenvalue weighted by atomic mass is 32.1. The molecule has 0 aliphatic rings. The minimum absolute atomic E-state index is 0.575. The monoisotopic (exact) mass is 364 g/mol. The molecule has 0 unspecified atom stereocenters. The number of nitrogens with zero attached hydrogens (tertiary/aromatic N) is 3. The van der Waals surface area contributed by atoms with E-state index in [0.29, 0.717) is 4.77 Å². The van der Waals surface area contributed by atoms with Gasteiger partial charge in [-0.2, -0.15) is 5.10 Å². The summed E-state index contributed by atoms with van der Waals surface area (Å²) < 4.78 is 2.53. The van der Waals surface area contributed by atoms with Gasteiger partial charge < -0.3 is 0 Å². The van der Waals surface area contributed by atoms with Gasteiger partial charge in [0.25, 0.3) is 0 Å². The van der Waals surface area contributed by atoms with E-state index in [1.54, 1.807) is 11.3 Å². The van der Waals surface area contributed by atoms with Crippen LogP contribution in [0.1, 0.15) is 11.3 Å². The molecule has 2 aromatic heterocycles. The summed E-state index contributed by atoms with van der Waals surface area (Å²) in [4.78, 5) is 5.77. The van der Waals surface area contributed by atoms with E-state index in [9.17, 15) is 0 Å². The van der Waals surface area contributed by atoms with E-state index in [4.69, 9.17) is 17.2 Å². The summed E-state index contributed by atoms with van der Waals surface area (Å²) in [5.74, 6) is 0.796. The highest BCUT2D eigenvalue weighted by Crippen LogP contribution is 2.35. The number of benzene rings is 2. The van der Waals surface area contributed by atoms with Gasteiger partial charge in [-0.25, -0.2) is 4.98 Å². The summed E-state index contributed by atoms with van der Waals surface area (Å²) in [6.45, 7) is 4.09. The van der Waals surface area contributed by atoms with Gasteiger partial charge in [-0.05, 0) is 38.2 Å². The first kappa shape index (κ1) is 15.9. The molecule has 0 fully saturated rings. The van der Waals surface area contributed by atoms with Crippen molar-refractivity contribution in [2.75, 3.05) is 0 Å². The van der Waals surface area contributed by atoms with E-state index < -0.39 is 0 Å². The summed E-state index contributed by atoms with van der Waals surface area (Å²) in [5, 5.41) is 8.36. The molecule has 25 heavy (non-hydrogen) atoms. The molecular weight excluding hydrogens is 348 g/mol. The number of thiazole rings is 1. The molecule has 0 atom stereocenters. The fraction of sp³-hybridized carbons (Fsp3) is 0.105. The minimum atomic E-state index is 0.575. The summed E-state index contributed by atoms with van der Waals surface area (Å²) in [6, 6.07) is 18.4. The van der Waals surface area contributed by atoms with Gasteiger partial charge in [-0.3, -0.25) is 9.67 Å². The number of aromatic nitrogens is 4. The Kier molecular flexibility index (Phi) is 4.07. The van der Waals surface area contributed by atoms with Crippen LogP contribution in [-0.2, 0) is 0 Å². The number of rotatable bonds is 3. The Hall–Kier alpha value is -2.57. The highest BCUT2D eigenvalue weighted by molar-refractivity contribution is 7.71. The third-order valence-corrected chi connectivity index (χ3v) is 5.46. The van der Waals surface area contributed by atoms with Crippen LogP contribution in [0.2, 0.25) is 0 Å². The molecular formula is C19H16N4S2. The number of aromatic amines is 1. The smallest absolute Gasteiger partial charge is 0.200 e. The first-order chi connectivity index (χ1) is 12.1. The minimum Gasteiger partial charge on any atom is -0.267 e. The van der Waals surface area contributed by atoms with Crippen LogP contribution in [0.5, 0.6) is 0 Å². The Bertz CT molecular complexity index is 1070. The molecule has 0 saturated carbocycles. The fourth-order valence-corrected chi connectivity index (χ4v) is 3.98. The van der Waals surface area contributed by atoms with Crippen LogP contribution in [0.4, 0.5) is 0 Å². The summed E-state index contributed by atoms with van der Waals surface area (Å²) in [6.07, 6.45) is 0. The molecule has 0 bridgehead atoms. The zero-order valence-electron chi connectivity index (χ0n) is 13.9. The van der Waals surface area contributed by atoms with Crippen LogP contribution in [0, 0.1) is 18.6 Å². The van der Waals surface area contributed by atoms with E-state index in [1.165, 1.54) is 5.56 Å². The Labute approximate surface area is 154 Å². The van der Waals surface area contributed by atoms with Gasteiger partial charge >= 0.3 is 0 Å². The van der Waals surface area contributed by atoms with E-state index in [1.807, 2.05) is 41.8 Å². The normalized spacial score (nSPS) is 11.0. The van der Waals surface area contributed by atoms with Crippen molar-refractivity contribution in [2.45, 2.75) is 13.8 Å². The number of hydrogen-bond acceptors (Lipinski definition) is 4. The molecule has 0 amide bonds. The first-order valence-electron chi connectivity index (χ1n) is 7.91. The topological polar surface area (TPSA) is 46.5 Å². The van der Waals surface area contributed by atoms with Crippen LogP contribution in [0.15, 0.2) is 54.6 Å². The van der Waals surface area contributed by atoms with Crippen LogP contribution >= 0.6 is 23.6 Å². The standard InChI is InChI=1S/C19H16N4S2/c1-12-8-10-14(11-9-12)18-20-13(2)16(25-18)17-21-22-19(24)23(17)15-6-4-3-5-7-15/h3-11H,1-2H3,(H,22,24). The lowest BCUT2D eigenvalue weighted by molar-refractivity contribution is 1.04. The average Bonchev–Trinajstić information content (AvgIpc) is 3.19. The van der Waals surface area contributed by atoms with Crippen molar-refractivity contribution in [1.29, 1.82) is 0 Å². The van der Waals surface area contributed by atoms with Crippen molar-refractivity contribution in [1.82, 2.24) is 19.7 Å². The second kappa shape index (κ2) is 6.38. The second-order valence-corrected chi connectivity index (χ2v) is 7.21. The molecule has 0 aliphatic carbocycles. The SMILES string of the molecule is Cc1ccc(-c2nc(C)c(-c3n[nH]c(=S)n3-c3ccccc3)s2)cc1. The molecule has 0 aliphatic heterocycles. The van der Waals surface area contributed by atoms with E-state index in [2.05, 4.69) is 41.4 Å². The molecule has 4 nitrogen and oxygen atoms in total. The molecule has 124 valence electrons. The highest BCUT2D eigenvalue weighted by Gasteiger charge is 2.18. The molecule has 4 rings (SSSR count). The maximum absolute atomic E-state index is 5.44. The van der Waals surface area contributed by atoms with E-state index in [-0.39, 0.29) is 0 Å². The Morgan fingerprint density at radius 2 is 1.72 bits per heavy atom. The van der Waals surface area contributed by atoms with Gasteiger partial charge in [0.05, 0.1) is 10.6 Å². The van der Waals surface area contributed by atoms with Crippen LogP contribution < -0.4 is 0 Å². The predicted molar refractivity (Wildman–Crippen MR) is 105 cm³/mol. The van der Waals surface area contributed by atoms with Crippen molar-refractivity contribution >= 4 is 23.6 Å². The van der Waals surface area contributed by atoms with Crippen molar-refractivity contribution in [3.63, 3.8) is 0 Å². The Morgan fingerprint density at radius 3 is 2.44 bits per heavy atom. The fourth-order valence-electron chi connectivity index (χ4n) is 2.69. The average molecular weight is 364 g/mol. The quantitative estimate of drug-likeness (QED) is 0.499. The van der Waals surface area contributed by atoms with Gasteiger partial charge in [0, 0.05) is 11.3 Å².